The van der Waals surface area contributed by atoms with Crippen LogP contribution < -0.4 is 10.0 Å². The van der Waals surface area contributed by atoms with Crippen molar-refractivity contribution in [3.8, 4) is 0 Å². The van der Waals surface area contributed by atoms with Gasteiger partial charge in [-0.05, 0) is 69.2 Å². The minimum absolute atomic E-state index is 0.0353. The van der Waals surface area contributed by atoms with E-state index in [1.54, 1.807) is 45.0 Å². The van der Waals surface area contributed by atoms with Gasteiger partial charge >= 0.3 is 5.97 Å². The summed E-state index contributed by atoms with van der Waals surface area (Å²) >= 11 is 0. The van der Waals surface area contributed by atoms with Crippen molar-refractivity contribution < 1.29 is 22.7 Å². The second-order valence-corrected chi connectivity index (χ2v) is 10.5. The fourth-order valence-electron chi connectivity index (χ4n) is 3.16. The van der Waals surface area contributed by atoms with Gasteiger partial charge in [0.2, 0.25) is 10.0 Å². The summed E-state index contributed by atoms with van der Waals surface area (Å²) < 4.78 is 34.0. The van der Waals surface area contributed by atoms with E-state index in [-0.39, 0.29) is 17.2 Å². The van der Waals surface area contributed by atoms with Crippen LogP contribution in [-0.2, 0) is 26.0 Å². The molecule has 3 aromatic carbocycles. The number of hydrogen-bond acceptors (Lipinski definition) is 5. The summed E-state index contributed by atoms with van der Waals surface area (Å²) in [7, 11) is -4.04. The Bertz CT molecular complexity index is 1220. The molecule has 0 heterocycles. The van der Waals surface area contributed by atoms with Crippen molar-refractivity contribution in [1.29, 1.82) is 0 Å². The molecule has 178 valence electrons. The summed E-state index contributed by atoms with van der Waals surface area (Å²) in [6.07, 6.45) is 0.139. The highest BCUT2D eigenvalue weighted by Crippen LogP contribution is 2.18. The summed E-state index contributed by atoms with van der Waals surface area (Å²) in [5, 5.41) is 2.73. The van der Waals surface area contributed by atoms with Gasteiger partial charge in [0.05, 0.1) is 4.90 Å². The average Bonchev–Trinajstić information content (AvgIpc) is 2.79. The second kappa shape index (κ2) is 10.6. The number of hydrogen-bond donors (Lipinski definition) is 2. The first-order valence-electron chi connectivity index (χ1n) is 10.8. The Kier molecular flexibility index (Phi) is 7.86. The van der Waals surface area contributed by atoms with Crippen LogP contribution in [0.5, 0.6) is 0 Å². The molecule has 0 saturated carbocycles. The van der Waals surface area contributed by atoms with E-state index in [9.17, 15) is 18.0 Å². The normalized spacial score (nSPS) is 12.6. The second-order valence-electron chi connectivity index (χ2n) is 8.74. The molecule has 0 saturated heterocycles. The zero-order valence-corrected chi connectivity index (χ0v) is 20.1. The molecule has 0 radical (unpaired) electrons. The lowest BCUT2D eigenvalue weighted by molar-refractivity contribution is -0.156. The van der Waals surface area contributed by atoms with Crippen LogP contribution >= 0.6 is 0 Å². The maximum atomic E-state index is 13.1. The standard InChI is InChI=1S/C26H28N2O5S/c1-26(2,3)33-25(30)23(18-19-10-6-4-7-11-19)28-34(31,32)22-16-14-21(15-17-22)27-24(29)20-12-8-5-9-13-20/h4-17,23,28H,18H2,1-3H3,(H,27,29)/t23-/m0/s1. The van der Waals surface area contributed by atoms with Crippen LogP contribution in [0, 0.1) is 0 Å². The van der Waals surface area contributed by atoms with E-state index in [1.807, 2.05) is 36.4 Å². The first-order chi connectivity index (χ1) is 16.0. The summed E-state index contributed by atoms with van der Waals surface area (Å²) in [4.78, 5) is 25.1. The highest BCUT2D eigenvalue weighted by atomic mass is 32.2. The zero-order chi connectivity index (χ0) is 24.8. The number of benzene rings is 3. The van der Waals surface area contributed by atoms with Crippen molar-refractivity contribution in [3.63, 3.8) is 0 Å². The van der Waals surface area contributed by atoms with Crippen LogP contribution in [0.4, 0.5) is 5.69 Å². The number of sulfonamides is 1. The molecule has 8 heteroatoms. The third kappa shape index (κ3) is 7.26. The lowest BCUT2D eigenvalue weighted by Crippen LogP contribution is -2.45. The van der Waals surface area contributed by atoms with Crippen LogP contribution in [0.3, 0.4) is 0 Å². The molecule has 0 spiro atoms. The minimum Gasteiger partial charge on any atom is -0.459 e. The molecule has 0 aliphatic rings. The Morgan fingerprint density at radius 3 is 1.97 bits per heavy atom. The monoisotopic (exact) mass is 480 g/mol. The maximum absolute atomic E-state index is 13.1. The van der Waals surface area contributed by atoms with E-state index in [2.05, 4.69) is 10.0 Å². The molecule has 2 N–H and O–H groups in total. The topological polar surface area (TPSA) is 102 Å². The van der Waals surface area contributed by atoms with Crippen molar-refractivity contribution in [2.75, 3.05) is 5.32 Å². The lowest BCUT2D eigenvalue weighted by atomic mass is 10.1. The molecule has 7 nitrogen and oxygen atoms in total. The molecule has 0 aliphatic carbocycles. The van der Waals surface area contributed by atoms with Crippen molar-refractivity contribution in [2.45, 2.75) is 43.7 Å². The summed E-state index contributed by atoms with van der Waals surface area (Å²) in [6.45, 7) is 5.17. The Balaban J connectivity index is 1.76. The third-order valence-electron chi connectivity index (χ3n) is 4.73. The number of ether oxygens (including phenoxy) is 1. The van der Waals surface area contributed by atoms with Crippen LogP contribution in [-0.4, -0.2) is 31.9 Å². The van der Waals surface area contributed by atoms with E-state index < -0.39 is 27.6 Å². The van der Waals surface area contributed by atoms with Crippen LogP contribution in [0.2, 0.25) is 0 Å². The Morgan fingerprint density at radius 1 is 0.853 bits per heavy atom. The molecule has 3 rings (SSSR count). The predicted molar refractivity (Wildman–Crippen MR) is 131 cm³/mol. The van der Waals surface area contributed by atoms with Gasteiger partial charge in [-0.15, -0.1) is 0 Å². The van der Waals surface area contributed by atoms with E-state index in [1.165, 1.54) is 24.3 Å². The summed E-state index contributed by atoms with van der Waals surface area (Å²) in [6, 6.07) is 22.4. The van der Waals surface area contributed by atoms with Crippen LogP contribution in [0.15, 0.2) is 89.8 Å². The van der Waals surface area contributed by atoms with Crippen LogP contribution in [0.25, 0.3) is 0 Å². The molecule has 0 fully saturated rings. The van der Waals surface area contributed by atoms with E-state index in [4.69, 9.17) is 4.74 Å². The average molecular weight is 481 g/mol. The number of nitrogens with one attached hydrogen (secondary N) is 2. The van der Waals surface area contributed by atoms with Crippen LogP contribution in [0.1, 0.15) is 36.7 Å². The van der Waals surface area contributed by atoms with E-state index >= 15 is 0 Å². The third-order valence-corrected chi connectivity index (χ3v) is 6.22. The van der Waals surface area contributed by atoms with Gasteiger partial charge in [-0.1, -0.05) is 48.5 Å². The number of carbonyl (C=O) groups is 2. The van der Waals surface area contributed by atoms with Crippen molar-refractivity contribution in [3.05, 3.63) is 96.1 Å². The first-order valence-corrected chi connectivity index (χ1v) is 12.3. The number of esters is 1. The van der Waals surface area contributed by atoms with Gasteiger partial charge < -0.3 is 10.1 Å². The van der Waals surface area contributed by atoms with Gasteiger partial charge in [-0.2, -0.15) is 4.72 Å². The van der Waals surface area contributed by atoms with Gasteiger partial charge in [-0.3, -0.25) is 9.59 Å². The largest absolute Gasteiger partial charge is 0.459 e. The van der Waals surface area contributed by atoms with Gasteiger partial charge in [0.25, 0.3) is 5.91 Å². The molecule has 0 aromatic heterocycles. The quantitative estimate of drug-likeness (QED) is 0.471. The molecule has 1 amide bonds. The fourth-order valence-corrected chi connectivity index (χ4v) is 4.35. The van der Waals surface area contributed by atoms with Crippen molar-refractivity contribution >= 4 is 27.6 Å². The summed E-state index contributed by atoms with van der Waals surface area (Å²) in [5.74, 6) is -0.964. The Hall–Kier alpha value is -3.49. The predicted octanol–water partition coefficient (Wildman–Crippen LogP) is 4.17. The fraction of sp³-hybridized carbons (Fsp3) is 0.231. The molecular formula is C26H28N2O5S. The highest BCUT2D eigenvalue weighted by molar-refractivity contribution is 7.89. The highest BCUT2D eigenvalue weighted by Gasteiger charge is 2.30. The van der Waals surface area contributed by atoms with Gasteiger partial charge in [0.1, 0.15) is 11.6 Å². The van der Waals surface area contributed by atoms with E-state index in [0.717, 1.165) is 5.56 Å². The SMILES string of the molecule is CC(C)(C)OC(=O)[C@H](Cc1ccccc1)NS(=O)(=O)c1ccc(NC(=O)c2ccccc2)cc1. The Morgan fingerprint density at radius 2 is 1.41 bits per heavy atom. The molecule has 0 aliphatic heterocycles. The number of amides is 1. The summed E-state index contributed by atoms with van der Waals surface area (Å²) in [5.41, 5.74) is 0.957. The molecule has 34 heavy (non-hydrogen) atoms. The van der Waals surface area contributed by atoms with Gasteiger partial charge in [-0.25, -0.2) is 8.42 Å². The Labute approximate surface area is 200 Å². The molecular weight excluding hydrogens is 452 g/mol. The molecule has 0 bridgehead atoms. The van der Waals surface area contributed by atoms with Gasteiger partial charge in [0.15, 0.2) is 0 Å². The van der Waals surface area contributed by atoms with E-state index in [0.29, 0.717) is 11.3 Å². The molecule has 1 atom stereocenters. The lowest BCUT2D eigenvalue weighted by Gasteiger charge is -2.24. The van der Waals surface area contributed by atoms with Gasteiger partial charge in [0, 0.05) is 11.3 Å². The minimum atomic E-state index is -4.04. The van der Waals surface area contributed by atoms with Crippen molar-refractivity contribution in [1.82, 2.24) is 4.72 Å². The number of anilines is 1. The first kappa shape index (κ1) is 25.1. The van der Waals surface area contributed by atoms with Crippen molar-refractivity contribution in [2.24, 2.45) is 0 Å². The smallest absolute Gasteiger partial charge is 0.325 e. The number of carbonyl (C=O) groups excluding carboxylic acids is 2. The molecule has 3 aromatic rings. The maximum Gasteiger partial charge on any atom is 0.325 e. The zero-order valence-electron chi connectivity index (χ0n) is 19.3. The molecule has 0 unspecified atom stereocenters. The number of rotatable bonds is 8.